The molecule has 0 heterocycles. The fourth-order valence-electron chi connectivity index (χ4n) is 1.16. The molecule has 1 aromatic carbocycles. The summed E-state index contributed by atoms with van der Waals surface area (Å²) in [6, 6.07) is 5.32. The van der Waals surface area contributed by atoms with Crippen molar-refractivity contribution < 1.29 is 14.6 Å². The molecular weight excluding hydrogens is 218 g/mol. The molecule has 0 radical (unpaired) electrons. The van der Waals surface area contributed by atoms with Crippen LogP contribution in [0, 0.1) is 0 Å². The van der Waals surface area contributed by atoms with E-state index in [0.29, 0.717) is 23.7 Å². The largest absolute Gasteiger partial charge is 0.497 e. The summed E-state index contributed by atoms with van der Waals surface area (Å²) < 4.78 is 5.00. The highest BCUT2D eigenvalue weighted by atomic mass is 35.5. The van der Waals surface area contributed by atoms with Gasteiger partial charge in [-0.2, -0.15) is 0 Å². The standard InChI is InChI=1S/C10H12ClNO3/c1-15-8-3-2-7(9(11)6-8)4-5-12-10(13)14/h2-3,6,12H,4-5H2,1H3,(H,13,14). The fourth-order valence-corrected chi connectivity index (χ4v) is 1.43. The van der Waals surface area contributed by atoms with Crippen molar-refractivity contribution in [3.63, 3.8) is 0 Å². The van der Waals surface area contributed by atoms with Gasteiger partial charge in [-0.1, -0.05) is 17.7 Å². The van der Waals surface area contributed by atoms with Gasteiger partial charge in [-0.25, -0.2) is 4.79 Å². The Bertz CT molecular complexity index is 355. The normalized spacial score (nSPS) is 9.73. The van der Waals surface area contributed by atoms with Gasteiger partial charge in [0, 0.05) is 11.6 Å². The Balaban J connectivity index is 2.58. The average molecular weight is 230 g/mol. The first-order valence-electron chi connectivity index (χ1n) is 4.42. The molecule has 0 saturated carbocycles. The smallest absolute Gasteiger partial charge is 0.404 e. The van der Waals surface area contributed by atoms with Gasteiger partial charge in [0.15, 0.2) is 0 Å². The number of carboxylic acid groups (broad SMARTS) is 1. The molecule has 2 N–H and O–H groups in total. The van der Waals surface area contributed by atoms with E-state index in [1.807, 2.05) is 6.07 Å². The van der Waals surface area contributed by atoms with E-state index < -0.39 is 6.09 Å². The van der Waals surface area contributed by atoms with Crippen molar-refractivity contribution in [3.05, 3.63) is 28.8 Å². The lowest BCUT2D eigenvalue weighted by Gasteiger charge is -2.06. The molecular formula is C10H12ClNO3. The molecule has 82 valence electrons. The van der Waals surface area contributed by atoms with Crippen molar-refractivity contribution in [2.24, 2.45) is 0 Å². The third-order valence-electron chi connectivity index (χ3n) is 1.93. The highest BCUT2D eigenvalue weighted by Crippen LogP contribution is 2.22. The van der Waals surface area contributed by atoms with Crippen LogP contribution in [0.25, 0.3) is 0 Å². The van der Waals surface area contributed by atoms with Crippen molar-refractivity contribution in [2.75, 3.05) is 13.7 Å². The maximum atomic E-state index is 10.2. The van der Waals surface area contributed by atoms with Crippen LogP contribution in [0.4, 0.5) is 4.79 Å². The molecule has 0 unspecified atom stereocenters. The van der Waals surface area contributed by atoms with Gasteiger partial charge in [0.25, 0.3) is 0 Å². The van der Waals surface area contributed by atoms with Crippen LogP contribution in [-0.2, 0) is 6.42 Å². The van der Waals surface area contributed by atoms with Gasteiger partial charge < -0.3 is 15.2 Å². The topological polar surface area (TPSA) is 58.6 Å². The van der Waals surface area contributed by atoms with Crippen molar-refractivity contribution in [2.45, 2.75) is 6.42 Å². The third-order valence-corrected chi connectivity index (χ3v) is 2.28. The molecule has 0 aromatic heterocycles. The third kappa shape index (κ3) is 3.67. The molecule has 15 heavy (non-hydrogen) atoms. The van der Waals surface area contributed by atoms with Crippen LogP contribution >= 0.6 is 11.6 Å². The van der Waals surface area contributed by atoms with Crippen LogP contribution in [0.5, 0.6) is 5.75 Å². The van der Waals surface area contributed by atoms with E-state index in [2.05, 4.69) is 5.32 Å². The molecule has 0 bridgehead atoms. The molecule has 0 fully saturated rings. The molecule has 1 rings (SSSR count). The molecule has 0 aliphatic carbocycles. The first-order chi connectivity index (χ1) is 7.13. The number of methoxy groups -OCH3 is 1. The zero-order valence-corrected chi connectivity index (χ0v) is 9.04. The van der Waals surface area contributed by atoms with E-state index in [-0.39, 0.29) is 0 Å². The lowest BCUT2D eigenvalue weighted by molar-refractivity contribution is 0.194. The van der Waals surface area contributed by atoms with E-state index in [1.165, 1.54) is 0 Å². The van der Waals surface area contributed by atoms with Crippen molar-refractivity contribution in [1.82, 2.24) is 5.32 Å². The van der Waals surface area contributed by atoms with Gasteiger partial charge in [0.05, 0.1) is 7.11 Å². The zero-order valence-electron chi connectivity index (χ0n) is 8.29. The number of benzene rings is 1. The first kappa shape index (κ1) is 11.7. The lowest BCUT2D eigenvalue weighted by Crippen LogP contribution is -2.23. The first-order valence-corrected chi connectivity index (χ1v) is 4.80. The summed E-state index contributed by atoms with van der Waals surface area (Å²) in [5.41, 5.74) is 0.895. The second-order valence-corrected chi connectivity index (χ2v) is 3.35. The van der Waals surface area contributed by atoms with E-state index in [0.717, 1.165) is 5.56 Å². The van der Waals surface area contributed by atoms with Crippen molar-refractivity contribution in [1.29, 1.82) is 0 Å². The summed E-state index contributed by atoms with van der Waals surface area (Å²) in [6.45, 7) is 0.349. The quantitative estimate of drug-likeness (QED) is 0.832. The fraction of sp³-hybridized carbons (Fsp3) is 0.300. The van der Waals surface area contributed by atoms with Gasteiger partial charge in [0.2, 0.25) is 0 Å². The Hall–Kier alpha value is -1.42. The Morgan fingerprint density at radius 3 is 2.87 bits per heavy atom. The Kier molecular flexibility index (Phi) is 4.24. The molecule has 1 amide bonds. The molecule has 0 atom stereocenters. The monoisotopic (exact) mass is 229 g/mol. The van der Waals surface area contributed by atoms with E-state index in [1.54, 1.807) is 19.2 Å². The number of amides is 1. The van der Waals surface area contributed by atoms with Gasteiger partial charge in [-0.15, -0.1) is 0 Å². The molecule has 0 saturated heterocycles. The Labute approximate surface area is 92.8 Å². The number of nitrogens with one attached hydrogen (secondary N) is 1. The highest BCUT2D eigenvalue weighted by Gasteiger charge is 2.02. The SMILES string of the molecule is COc1ccc(CCNC(=O)O)c(Cl)c1. The maximum absolute atomic E-state index is 10.2. The second-order valence-electron chi connectivity index (χ2n) is 2.94. The minimum atomic E-state index is -1.03. The molecule has 0 aliphatic heterocycles. The summed E-state index contributed by atoms with van der Waals surface area (Å²) in [4.78, 5) is 10.2. The number of ether oxygens (including phenoxy) is 1. The summed E-state index contributed by atoms with van der Waals surface area (Å²) in [6.07, 6.45) is -0.464. The highest BCUT2D eigenvalue weighted by molar-refractivity contribution is 6.31. The summed E-state index contributed by atoms with van der Waals surface area (Å²) in [7, 11) is 1.57. The summed E-state index contributed by atoms with van der Waals surface area (Å²) in [5.74, 6) is 0.690. The number of hydrogen-bond donors (Lipinski definition) is 2. The maximum Gasteiger partial charge on any atom is 0.404 e. The molecule has 5 heteroatoms. The van der Waals surface area contributed by atoms with Crippen LogP contribution in [0.1, 0.15) is 5.56 Å². The van der Waals surface area contributed by atoms with Gasteiger partial charge in [-0.3, -0.25) is 0 Å². The number of rotatable bonds is 4. The van der Waals surface area contributed by atoms with E-state index in [9.17, 15) is 4.79 Å². The number of hydrogen-bond acceptors (Lipinski definition) is 2. The van der Waals surface area contributed by atoms with Gasteiger partial charge >= 0.3 is 6.09 Å². The van der Waals surface area contributed by atoms with Crippen LogP contribution in [0.15, 0.2) is 18.2 Å². The van der Waals surface area contributed by atoms with E-state index in [4.69, 9.17) is 21.4 Å². The van der Waals surface area contributed by atoms with E-state index >= 15 is 0 Å². The predicted octanol–water partition coefficient (Wildman–Crippen LogP) is 2.16. The Morgan fingerprint density at radius 2 is 2.33 bits per heavy atom. The minimum Gasteiger partial charge on any atom is -0.497 e. The number of carbonyl (C=O) groups is 1. The number of halogens is 1. The average Bonchev–Trinajstić information content (AvgIpc) is 2.20. The Morgan fingerprint density at radius 1 is 1.60 bits per heavy atom. The molecule has 0 aliphatic rings. The van der Waals surface area contributed by atoms with Crippen LogP contribution in [0.3, 0.4) is 0 Å². The molecule has 0 spiro atoms. The second kappa shape index (κ2) is 5.46. The van der Waals surface area contributed by atoms with Crippen LogP contribution < -0.4 is 10.1 Å². The van der Waals surface area contributed by atoms with Gasteiger partial charge in [0.1, 0.15) is 5.75 Å². The van der Waals surface area contributed by atoms with Crippen LogP contribution in [-0.4, -0.2) is 24.9 Å². The van der Waals surface area contributed by atoms with Crippen molar-refractivity contribution in [3.8, 4) is 5.75 Å². The summed E-state index contributed by atoms with van der Waals surface area (Å²) >= 11 is 5.97. The molecule has 1 aromatic rings. The summed E-state index contributed by atoms with van der Waals surface area (Å²) in [5, 5.41) is 11.2. The van der Waals surface area contributed by atoms with Gasteiger partial charge in [-0.05, 0) is 24.1 Å². The zero-order chi connectivity index (χ0) is 11.3. The minimum absolute atomic E-state index is 0.349. The van der Waals surface area contributed by atoms with Crippen molar-refractivity contribution >= 4 is 17.7 Å². The lowest BCUT2D eigenvalue weighted by atomic mass is 10.1. The van der Waals surface area contributed by atoms with Crippen LogP contribution in [0.2, 0.25) is 5.02 Å². The molecule has 4 nitrogen and oxygen atoms in total. The predicted molar refractivity (Wildman–Crippen MR) is 57.7 cm³/mol.